The number of allylic oxidation sites excluding steroid dienone is 2. The molecule has 0 radical (unpaired) electrons. The van der Waals surface area contributed by atoms with Crippen LogP contribution in [0, 0.1) is 0 Å². The number of benzene rings is 2. The molecule has 6 heteroatoms. The lowest BCUT2D eigenvalue weighted by molar-refractivity contribution is 0.0692. The van der Waals surface area contributed by atoms with Gasteiger partial charge in [-0.15, -0.1) is 0 Å². The second-order valence-corrected chi connectivity index (χ2v) is 7.65. The minimum absolute atomic E-state index is 0.190. The summed E-state index contributed by atoms with van der Waals surface area (Å²) in [5.41, 5.74) is 3.47. The number of rotatable bonds is 8. The van der Waals surface area contributed by atoms with E-state index in [9.17, 15) is 19.8 Å². The third-order valence-electron chi connectivity index (χ3n) is 5.13. The van der Waals surface area contributed by atoms with Crippen molar-refractivity contribution in [2.24, 2.45) is 0 Å². The summed E-state index contributed by atoms with van der Waals surface area (Å²) in [5, 5.41) is 20.5. The summed E-state index contributed by atoms with van der Waals surface area (Å²) in [6.07, 6.45) is 5.38. The van der Waals surface area contributed by atoms with Crippen molar-refractivity contribution in [2.45, 2.75) is 26.7 Å². The summed E-state index contributed by atoms with van der Waals surface area (Å²) in [6.45, 7) is 3.82. The van der Waals surface area contributed by atoms with E-state index in [-0.39, 0.29) is 29.1 Å². The Bertz CT molecular complexity index is 1180. The van der Waals surface area contributed by atoms with Gasteiger partial charge in [-0.25, -0.2) is 4.79 Å². The Morgan fingerprint density at radius 1 is 1.09 bits per heavy atom. The number of hydrogen-bond donors (Lipinski definition) is 2. The summed E-state index contributed by atoms with van der Waals surface area (Å²) < 4.78 is 5.40. The maximum absolute atomic E-state index is 13.0. The summed E-state index contributed by atoms with van der Waals surface area (Å²) in [6, 6.07) is 12.3. The van der Waals surface area contributed by atoms with Crippen molar-refractivity contribution in [1.29, 1.82) is 0 Å². The Kier molecular flexibility index (Phi) is 7.05. The lowest BCUT2D eigenvalue weighted by atomic mass is 9.93. The molecule has 2 aromatic carbocycles. The first-order valence-electron chi connectivity index (χ1n) is 10.1. The molecule has 6 nitrogen and oxygen atoms in total. The number of aromatic hydroxyl groups is 1. The lowest BCUT2D eigenvalue weighted by Gasteiger charge is -2.16. The number of carboxylic acid groups (broad SMARTS) is 1. The maximum Gasteiger partial charge on any atom is 0.339 e. The minimum atomic E-state index is -1.30. The van der Waals surface area contributed by atoms with Gasteiger partial charge in [0.25, 0.3) is 0 Å². The van der Waals surface area contributed by atoms with Gasteiger partial charge in [-0.2, -0.15) is 0 Å². The average Bonchev–Trinajstić information content (AvgIpc) is 2.78. The number of ether oxygens (including phenoxy) is 1. The molecule has 1 aromatic heterocycles. The number of hydrogen-bond acceptors (Lipinski definition) is 5. The fourth-order valence-electron chi connectivity index (χ4n) is 3.48. The van der Waals surface area contributed by atoms with Crippen LogP contribution in [0.25, 0.3) is 11.1 Å². The topological polar surface area (TPSA) is 96.7 Å². The zero-order chi connectivity index (χ0) is 23.3. The van der Waals surface area contributed by atoms with Crippen LogP contribution in [0.1, 0.15) is 45.7 Å². The van der Waals surface area contributed by atoms with Gasteiger partial charge < -0.3 is 14.9 Å². The molecule has 0 bridgehead atoms. The van der Waals surface area contributed by atoms with Gasteiger partial charge in [-0.1, -0.05) is 35.9 Å². The molecule has 0 aliphatic heterocycles. The number of aromatic carboxylic acids is 1. The van der Waals surface area contributed by atoms with Gasteiger partial charge in [0.15, 0.2) is 5.78 Å². The van der Waals surface area contributed by atoms with Gasteiger partial charge in [0.1, 0.15) is 17.1 Å². The summed E-state index contributed by atoms with van der Waals surface area (Å²) in [5.74, 6) is -1.59. The van der Waals surface area contributed by atoms with E-state index < -0.39 is 5.97 Å². The number of carbonyl (C=O) groups excluding carboxylic acids is 1. The molecule has 1 heterocycles. The third kappa shape index (κ3) is 5.03. The van der Waals surface area contributed by atoms with E-state index >= 15 is 0 Å². The summed E-state index contributed by atoms with van der Waals surface area (Å²) in [7, 11) is 1.45. The predicted octanol–water partition coefficient (Wildman–Crippen LogP) is 5.10. The van der Waals surface area contributed by atoms with Crippen LogP contribution in [0.5, 0.6) is 11.5 Å². The Hall–Kier alpha value is -3.93. The van der Waals surface area contributed by atoms with E-state index in [0.717, 1.165) is 16.7 Å². The van der Waals surface area contributed by atoms with Crippen LogP contribution in [0.3, 0.4) is 0 Å². The standard InChI is InChI=1S/C26H25NO5/c1-16(2)9-10-21-23(32-3)14-20(24(25(21)29)26(30)31)13-22(28)18-7-4-6-17(12-18)19-8-5-11-27-15-19/h4-9,11-12,14-15,29H,10,13H2,1-3H3,(H,30,31). The monoisotopic (exact) mass is 431 g/mol. The maximum atomic E-state index is 13.0. The number of aromatic nitrogens is 1. The van der Waals surface area contributed by atoms with Crippen molar-refractivity contribution in [3.8, 4) is 22.6 Å². The van der Waals surface area contributed by atoms with Crippen LogP contribution in [0.4, 0.5) is 0 Å². The molecular weight excluding hydrogens is 406 g/mol. The normalized spacial score (nSPS) is 10.5. The molecular formula is C26H25NO5. The van der Waals surface area contributed by atoms with Crippen molar-refractivity contribution < 1.29 is 24.5 Å². The van der Waals surface area contributed by atoms with Crippen molar-refractivity contribution in [3.63, 3.8) is 0 Å². The molecule has 0 atom stereocenters. The molecule has 0 amide bonds. The fraction of sp³-hybridized carbons (Fsp3) is 0.192. The van der Waals surface area contributed by atoms with Crippen LogP contribution in [-0.4, -0.2) is 34.1 Å². The van der Waals surface area contributed by atoms with Gasteiger partial charge in [-0.3, -0.25) is 9.78 Å². The highest BCUT2D eigenvalue weighted by molar-refractivity contribution is 6.01. The summed E-state index contributed by atoms with van der Waals surface area (Å²) >= 11 is 0. The Labute approximate surface area is 186 Å². The first-order valence-corrected chi connectivity index (χ1v) is 10.1. The smallest absolute Gasteiger partial charge is 0.339 e. The van der Waals surface area contributed by atoms with Crippen molar-refractivity contribution in [3.05, 3.63) is 88.8 Å². The summed E-state index contributed by atoms with van der Waals surface area (Å²) in [4.78, 5) is 29.1. The highest BCUT2D eigenvalue weighted by Gasteiger charge is 2.24. The lowest BCUT2D eigenvalue weighted by Crippen LogP contribution is -2.11. The quantitative estimate of drug-likeness (QED) is 0.381. The number of ketones is 1. The van der Waals surface area contributed by atoms with Gasteiger partial charge >= 0.3 is 5.97 Å². The third-order valence-corrected chi connectivity index (χ3v) is 5.13. The zero-order valence-corrected chi connectivity index (χ0v) is 18.3. The SMILES string of the molecule is COc1cc(CC(=O)c2cccc(-c3cccnc3)c2)c(C(=O)O)c(O)c1CC=C(C)C. The number of phenols is 1. The van der Waals surface area contributed by atoms with E-state index in [4.69, 9.17) is 4.74 Å². The van der Waals surface area contributed by atoms with E-state index in [0.29, 0.717) is 23.3 Å². The van der Waals surface area contributed by atoms with E-state index in [1.54, 1.807) is 30.6 Å². The number of nitrogens with zero attached hydrogens (tertiary/aromatic N) is 1. The number of methoxy groups -OCH3 is 1. The number of pyridine rings is 1. The molecule has 0 saturated carbocycles. The van der Waals surface area contributed by atoms with Crippen LogP contribution in [0.2, 0.25) is 0 Å². The Morgan fingerprint density at radius 3 is 2.47 bits per heavy atom. The Morgan fingerprint density at radius 2 is 1.84 bits per heavy atom. The average molecular weight is 431 g/mol. The van der Waals surface area contributed by atoms with Gasteiger partial charge in [-0.05, 0) is 49.6 Å². The number of carboxylic acids is 1. The number of Topliss-reactive ketones (excluding diaryl/α,β-unsaturated/α-hetero) is 1. The molecule has 0 aliphatic rings. The highest BCUT2D eigenvalue weighted by Crippen LogP contribution is 2.36. The van der Waals surface area contributed by atoms with Crippen LogP contribution < -0.4 is 4.74 Å². The van der Waals surface area contributed by atoms with E-state index in [1.165, 1.54) is 13.2 Å². The molecule has 32 heavy (non-hydrogen) atoms. The van der Waals surface area contributed by atoms with Crippen molar-refractivity contribution in [2.75, 3.05) is 7.11 Å². The fourth-order valence-corrected chi connectivity index (χ4v) is 3.48. The predicted molar refractivity (Wildman–Crippen MR) is 122 cm³/mol. The zero-order valence-electron chi connectivity index (χ0n) is 18.3. The Balaban J connectivity index is 1.99. The second kappa shape index (κ2) is 9.92. The van der Waals surface area contributed by atoms with E-state index in [1.807, 2.05) is 38.1 Å². The van der Waals surface area contributed by atoms with Crippen LogP contribution >= 0.6 is 0 Å². The molecule has 0 unspecified atom stereocenters. The molecule has 2 N–H and O–H groups in total. The molecule has 3 rings (SSSR count). The largest absolute Gasteiger partial charge is 0.507 e. The molecule has 0 spiro atoms. The molecule has 164 valence electrons. The first kappa shape index (κ1) is 22.7. The highest BCUT2D eigenvalue weighted by atomic mass is 16.5. The van der Waals surface area contributed by atoms with Crippen molar-refractivity contribution in [1.82, 2.24) is 4.98 Å². The van der Waals surface area contributed by atoms with E-state index in [2.05, 4.69) is 4.98 Å². The van der Waals surface area contributed by atoms with Crippen LogP contribution in [0.15, 0.2) is 66.5 Å². The molecule has 0 saturated heterocycles. The van der Waals surface area contributed by atoms with Crippen molar-refractivity contribution >= 4 is 11.8 Å². The second-order valence-electron chi connectivity index (χ2n) is 7.65. The molecule has 0 aliphatic carbocycles. The molecule has 0 fully saturated rings. The van der Waals surface area contributed by atoms with Gasteiger partial charge in [0, 0.05) is 35.5 Å². The number of carbonyl (C=O) groups is 2. The minimum Gasteiger partial charge on any atom is -0.507 e. The molecule has 3 aromatic rings. The van der Waals surface area contributed by atoms with Gasteiger partial charge in [0.2, 0.25) is 0 Å². The first-order chi connectivity index (χ1) is 15.3. The van der Waals surface area contributed by atoms with Gasteiger partial charge in [0.05, 0.1) is 7.11 Å². The van der Waals surface area contributed by atoms with Crippen LogP contribution in [-0.2, 0) is 12.8 Å².